The standard InChI is InChI=1S/C14H12Cl2N4/c1-2-9-13(16)19-12-7-8-17-20(12)14(9)18-11-6-4-3-5-10(11)15/h3-8,18H,2H2,1H3. The number of halogens is 2. The number of anilines is 2. The van der Waals surface area contributed by atoms with Crippen molar-refractivity contribution < 1.29 is 0 Å². The lowest BCUT2D eigenvalue weighted by molar-refractivity contribution is 0.920. The van der Waals surface area contributed by atoms with Crippen molar-refractivity contribution in [3.63, 3.8) is 0 Å². The summed E-state index contributed by atoms with van der Waals surface area (Å²) in [6, 6.07) is 9.35. The Labute approximate surface area is 126 Å². The highest BCUT2D eigenvalue weighted by molar-refractivity contribution is 6.33. The molecule has 0 saturated carbocycles. The van der Waals surface area contributed by atoms with E-state index in [0.29, 0.717) is 15.8 Å². The molecular weight excluding hydrogens is 295 g/mol. The summed E-state index contributed by atoms with van der Waals surface area (Å²) in [7, 11) is 0. The van der Waals surface area contributed by atoms with Crippen LogP contribution < -0.4 is 5.32 Å². The first-order valence-electron chi connectivity index (χ1n) is 6.24. The first-order valence-corrected chi connectivity index (χ1v) is 7.00. The second-order valence-electron chi connectivity index (χ2n) is 4.29. The van der Waals surface area contributed by atoms with Crippen LogP contribution in [0.3, 0.4) is 0 Å². The fourth-order valence-corrected chi connectivity index (χ4v) is 2.57. The van der Waals surface area contributed by atoms with Crippen LogP contribution >= 0.6 is 23.2 Å². The van der Waals surface area contributed by atoms with Gasteiger partial charge in [-0.1, -0.05) is 42.3 Å². The third kappa shape index (κ3) is 2.21. The van der Waals surface area contributed by atoms with Gasteiger partial charge in [0.25, 0.3) is 0 Å². The number of fused-ring (bicyclic) bond motifs is 1. The fourth-order valence-electron chi connectivity index (χ4n) is 2.08. The monoisotopic (exact) mass is 306 g/mol. The van der Waals surface area contributed by atoms with Gasteiger partial charge in [-0.15, -0.1) is 0 Å². The van der Waals surface area contributed by atoms with Crippen LogP contribution in [0.4, 0.5) is 11.5 Å². The van der Waals surface area contributed by atoms with E-state index >= 15 is 0 Å². The van der Waals surface area contributed by atoms with Gasteiger partial charge in [0.15, 0.2) is 5.65 Å². The van der Waals surface area contributed by atoms with Gasteiger partial charge in [-0.2, -0.15) is 9.61 Å². The molecule has 0 aliphatic heterocycles. The van der Waals surface area contributed by atoms with Crippen molar-refractivity contribution in [2.75, 3.05) is 5.32 Å². The second kappa shape index (κ2) is 5.31. The molecule has 0 spiro atoms. The van der Waals surface area contributed by atoms with Crippen molar-refractivity contribution in [2.45, 2.75) is 13.3 Å². The molecule has 102 valence electrons. The summed E-state index contributed by atoms with van der Waals surface area (Å²) >= 11 is 12.4. The molecule has 3 rings (SSSR count). The van der Waals surface area contributed by atoms with Crippen molar-refractivity contribution >= 4 is 40.4 Å². The molecule has 0 aliphatic rings. The molecule has 0 bridgehead atoms. The van der Waals surface area contributed by atoms with Crippen LogP contribution in [0.15, 0.2) is 36.5 Å². The molecular formula is C14H12Cl2N4. The Kier molecular flexibility index (Phi) is 3.51. The van der Waals surface area contributed by atoms with E-state index in [1.807, 2.05) is 37.3 Å². The van der Waals surface area contributed by atoms with E-state index in [0.717, 1.165) is 23.5 Å². The summed E-state index contributed by atoms with van der Waals surface area (Å²) in [4.78, 5) is 4.32. The van der Waals surface area contributed by atoms with Crippen LogP contribution in [0.25, 0.3) is 5.65 Å². The number of nitrogens with one attached hydrogen (secondary N) is 1. The van der Waals surface area contributed by atoms with Crippen LogP contribution in [0, 0.1) is 0 Å². The summed E-state index contributed by atoms with van der Waals surface area (Å²) in [5.41, 5.74) is 2.41. The molecule has 3 aromatic rings. The lowest BCUT2D eigenvalue weighted by Gasteiger charge is -2.14. The minimum atomic E-state index is 0.482. The summed E-state index contributed by atoms with van der Waals surface area (Å²) in [6.07, 6.45) is 2.43. The highest BCUT2D eigenvalue weighted by Crippen LogP contribution is 2.30. The minimum Gasteiger partial charge on any atom is -0.339 e. The van der Waals surface area contributed by atoms with Gasteiger partial charge in [-0.3, -0.25) is 0 Å². The van der Waals surface area contributed by atoms with Gasteiger partial charge in [-0.25, -0.2) is 4.98 Å². The van der Waals surface area contributed by atoms with Crippen molar-refractivity contribution in [3.8, 4) is 0 Å². The van der Waals surface area contributed by atoms with Gasteiger partial charge < -0.3 is 5.32 Å². The predicted octanol–water partition coefficient (Wildman–Crippen LogP) is 4.34. The topological polar surface area (TPSA) is 42.2 Å². The van der Waals surface area contributed by atoms with E-state index in [2.05, 4.69) is 15.4 Å². The maximum absolute atomic E-state index is 6.25. The Morgan fingerprint density at radius 1 is 1.20 bits per heavy atom. The molecule has 0 aliphatic carbocycles. The Hall–Kier alpha value is -1.78. The molecule has 1 aromatic carbocycles. The quantitative estimate of drug-likeness (QED) is 0.732. The maximum atomic E-state index is 6.25. The first-order chi connectivity index (χ1) is 9.70. The van der Waals surface area contributed by atoms with Crippen molar-refractivity contribution in [1.82, 2.24) is 14.6 Å². The number of nitrogens with zero attached hydrogens (tertiary/aromatic N) is 3. The lowest BCUT2D eigenvalue weighted by atomic mass is 10.2. The lowest BCUT2D eigenvalue weighted by Crippen LogP contribution is -2.06. The Bertz CT molecular complexity index is 767. The van der Waals surface area contributed by atoms with Crippen molar-refractivity contribution in [2.24, 2.45) is 0 Å². The molecule has 1 N–H and O–H groups in total. The van der Waals surface area contributed by atoms with E-state index in [9.17, 15) is 0 Å². The van der Waals surface area contributed by atoms with E-state index in [-0.39, 0.29) is 0 Å². The van der Waals surface area contributed by atoms with Crippen molar-refractivity contribution in [1.29, 1.82) is 0 Å². The van der Waals surface area contributed by atoms with Gasteiger partial charge in [0, 0.05) is 11.6 Å². The largest absolute Gasteiger partial charge is 0.339 e. The number of para-hydroxylation sites is 1. The van der Waals surface area contributed by atoms with Gasteiger partial charge in [0.2, 0.25) is 0 Å². The maximum Gasteiger partial charge on any atom is 0.159 e. The zero-order chi connectivity index (χ0) is 14.1. The van der Waals surface area contributed by atoms with E-state index in [4.69, 9.17) is 23.2 Å². The predicted molar refractivity (Wildman–Crippen MR) is 82.1 cm³/mol. The van der Waals surface area contributed by atoms with Crippen LogP contribution in [-0.4, -0.2) is 14.6 Å². The molecule has 2 aromatic heterocycles. The molecule has 0 fully saturated rings. The third-order valence-electron chi connectivity index (χ3n) is 3.06. The molecule has 0 saturated heterocycles. The van der Waals surface area contributed by atoms with Crippen LogP contribution in [0.1, 0.15) is 12.5 Å². The van der Waals surface area contributed by atoms with Crippen LogP contribution in [0.2, 0.25) is 10.2 Å². The molecule has 20 heavy (non-hydrogen) atoms. The van der Waals surface area contributed by atoms with E-state index < -0.39 is 0 Å². The molecule has 0 atom stereocenters. The molecule has 0 radical (unpaired) electrons. The number of benzene rings is 1. The Balaban J connectivity index is 2.19. The number of hydrogen-bond donors (Lipinski definition) is 1. The third-order valence-corrected chi connectivity index (χ3v) is 3.70. The van der Waals surface area contributed by atoms with Gasteiger partial charge in [0.05, 0.1) is 16.9 Å². The highest BCUT2D eigenvalue weighted by atomic mass is 35.5. The van der Waals surface area contributed by atoms with Gasteiger partial charge in [-0.05, 0) is 18.6 Å². The van der Waals surface area contributed by atoms with Gasteiger partial charge >= 0.3 is 0 Å². The molecule has 0 unspecified atom stereocenters. The Morgan fingerprint density at radius 3 is 2.75 bits per heavy atom. The normalized spacial score (nSPS) is 10.9. The number of rotatable bonds is 3. The summed E-state index contributed by atoms with van der Waals surface area (Å²) in [5.74, 6) is 0.792. The van der Waals surface area contributed by atoms with E-state index in [1.54, 1.807) is 10.7 Å². The van der Waals surface area contributed by atoms with Gasteiger partial charge in [0.1, 0.15) is 11.0 Å². The summed E-state index contributed by atoms with van der Waals surface area (Å²) in [5, 5.41) is 8.71. The SMILES string of the molecule is CCc1c(Cl)nc2ccnn2c1Nc1ccccc1Cl. The molecule has 4 nitrogen and oxygen atoms in total. The van der Waals surface area contributed by atoms with Crippen molar-refractivity contribution in [3.05, 3.63) is 52.3 Å². The number of hydrogen-bond acceptors (Lipinski definition) is 3. The van der Waals surface area contributed by atoms with Crippen LogP contribution in [0.5, 0.6) is 0 Å². The zero-order valence-electron chi connectivity index (χ0n) is 10.8. The van der Waals surface area contributed by atoms with E-state index in [1.165, 1.54) is 0 Å². The molecule has 6 heteroatoms. The average Bonchev–Trinajstić information content (AvgIpc) is 2.89. The summed E-state index contributed by atoms with van der Waals surface area (Å²) in [6.45, 7) is 2.02. The smallest absolute Gasteiger partial charge is 0.159 e. The molecule has 2 heterocycles. The Morgan fingerprint density at radius 2 is 2.00 bits per heavy atom. The second-order valence-corrected chi connectivity index (χ2v) is 5.05. The number of aromatic nitrogens is 3. The average molecular weight is 307 g/mol. The minimum absolute atomic E-state index is 0.482. The zero-order valence-corrected chi connectivity index (χ0v) is 12.3. The highest BCUT2D eigenvalue weighted by Gasteiger charge is 2.14. The first kappa shape index (κ1) is 13.2. The summed E-state index contributed by atoms with van der Waals surface area (Å²) < 4.78 is 1.73. The van der Waals surface area contributed by atoms with Crippen LogP contribution in [-0.2, 0) is 6.42 Å². The molecule has 0 amide bonds. The fraction of sp³-hybridized carbons (Fsp3) is 0.143.